The highest BCUT2D eigenvalue weighted by Gasteiger charge is 1.98. The lowest BCUT2D eigenvalue weighted by molar-refractivity contribution is -0.305. The van der Waals surface area contributed by atoms with Crippen LogP contribution in [0.3, 0.4) is 0 Å². The number of nitrogens with one attached hydrogen (secondary N) is 2. The first-order chi connectivity index (χ1) is 6.58. The average molecular weight is 200 g/mol. The summed E-state index contributed by atoms with van der Waals surface area (Å²) >= 11 is 0. The van der Waals surface area contributed by atoms with E-state index < -0.39 is 17.5 Å². The van der Waals surface area contributed by atoms with Gasteiger partial charge in [0.05, 0.1) is 6.07 Å². The summed E-state index contributed by atoms with van der Waals surface area (Å²) < 4.78 is 12.5. The third-order valence-corrected chi connectivity index (χ3v) is 1.33. The fraction of sp³-hybridized carbons (Fsp3) is 0.286. The first-order valence-corrected chi connectivity index (χ1v) is 3.78. The minimum Gasteiger partial charge on any atom is -0.550 e. The van der Waals surface area contributed by atoms with E-state index in [1.807, 2.05) is 0 Å². The number of hydrogen-bond donors (Lipinski definition) is 2. The van der Waals surface area contributed by atoms with Gasteiger partial charge in [-0.3, -0.25) is 9.78 Å². The van der Waals surface area contributed by atoms with Crippen molar-refractivity contribution in [2.75, 3.05) is 11.9 Å². The Hall–Kier alpha value is -1.92. The van der Waals surface area contributed by atoms with Gasteiger partial charge < -0.3 is 15.2 Å². The summed E-state index contributed by atoms with van der Waals surface area (Å²) in [6.07, 6.45) is -0.250. The number of hydrogen-bond acceptors (Lipinski definition) is 5. The van der Waals surface area contributed by atoms with Gasteiger partial charge in [-0.25, -0.2) is 0 Å². The number of carbonyl (C=O) groups excluding carboxylic acids is 1. The molecule has 2 N–H and O–H groups in total. The van der Waals surface area contributed by atoms with Crippen molar-refractivity contribution < 1.29 is 14.3 Å². The molecule has 0 unspecified atom stereocenters. The molecular weight excluding hydrogens is 193 g/mol. The van der Waals surface area contributed by atoms with Crippen molar-refractivity contribution in [1.29, 1.82) is 0 Å². The monoisotopic (exact) mass is 200 g/mol. The average Bonchev–Trinajstić information content (AvgIpc) is 2.01. The number of aliphatic carboxylic acids is 1. The largest absolute Gasteiger partial charge is 0.550 e. The molecule has 7 heteroatoms. The van der Waals surface area contributed by atoms with Gasteiger partial charge in [-0.1, -0.05) is 0 Å². The Morgan fingerprint density at radius 3 is 3.00 bits per heavy atom. The Kier molecular flexibility index (Phi) is 3.16. The van der Waals surface area contributed by atoms with Gasteiger partial charge in [-0.05, 0) is 0 Å². The Morgan fingerprint density at radius 1 is 1.71 bits per heavy atom. The summed E-state index contributed by atoms with van der Waals surface area (Å²) in [5.74, 6) is -2.27. The van der Waals surface area contributed by atoms with Crippen molar-refractivity contribution in [2.45, 2.75) is 6.42 Å². The van der Waals surface area contributed by atoms with Crippen molar-refractivity contribution >= 4 is 11.9 Å². The van der Waals surface area contributed by atoms with E-state index in [0.717, 1.165) is 0 Å². The fourth-order valence-corrected chi connectivity index (χ4v) is 0.795. The molecule has 14 heavy (non-hydrogen) atoms. The molecule has 0 aliphatic carbocycles. The maximum absolute atomic E-state index is 12.5. The molecule has 1 heterocycles. The van der Waals surface area contributed by atoms with E-state index in [1.165, 1.54) is 0 Å². The molecule has 0 spiro atoms. The van der Waals surface area contributed by atoms with Crippen LogP contribution in [-0.2, 0) is 4.79 Å². The molecule has 1 aromatic rings. The van der Waals surface area contributed by atoms with Crippen LogP contribution in [0.2, 0.25) is 0 Å². The fourth-order valence-electron chi connectivity index (χ4n) is 0.795. The maximum atomic E-state index is 12.5. The van der Waals surface area contributed by atoms with E-state index in [4.69, 9.17) is 0 Å². The lowest BCUT2D eigenvalue weighted by Gasteiger charge is -2.04. The first-order valence-electron chi connectivity index (χ1n) is 3.78. The number of carboxylic acids is 1. The van der Waals surface area contributed by atoms with Crippen LogP contribution < -0.4 is 16.0 Å². The topological polar surface area (TPSA) is 97.9 Å². The highest BCUT2D eigenvalue weighted by atomic mass is 19.1. The highest BCUT2D eigenvalue weighted by molar-refractivity contribution is 5.64. The van der Waals surface area contributed by atoms with Gasteiger partial charge in [0.1, 0.15) is 0 Å². The molecule has 0 aromatic carbocycles. The molecule has 0 bridgehead atoms. The molecular formula is C7H7FN3O3-. The van der Waals surface area contributed by atoms with Crippen LogP contribution in [0, 0.1) is 5.95 Å². The van der Waals surface area contributed by atoms with E-state index in [1.54, 1.807) is 0 Å². The molecule has 6 nitrogen and oxygen atoms in total. The van der Waals surface area contributed by atoms with Crippen LogP contribution in [0.15, 0.2) is 10.9 Å². The molecule has 0 amide bonds. The predicted octanol–water partition coefficient (Wildman–Crippen LogP) is -1.54. The van der Waals surface area contributed by atoms with Crippen molar-refractivity contribution in [3.8, 4) is 0 Å². The number of carboxylic acid groups (broad SMARTS) is 1. The molecule has 0 atom stereocenters. The number of carbonyl (C=O) groups is 1. The van der Waals surface area contributed by atoms with Gasteiger partial charge in [-0.2, -0.15) is 9.37 Å². The smallest absolute Gasteiger partial charge is 0.255 e. The van der Waals surface area contributed by atoms with Crippen molar-refractivity contribution in [3.05, 3.63) is 22.4 Å². The zero-order chi connectivity index (χ0) is 10.6. The second-order valence-electron chi connectivity index (χ2n) is 2.47. The van der Waals surface area contributed by atoms with E-state index in [9.17, 15) is 19.1 Å². The van der Waals surface area contributed by atoms with E-state index in [-0.39, 0.29) is 18.9 Å². The normalized spacial score (nSPS) is 9.79. The molecule has 0 saturated carbocycles. The summed E-state index contributed by atoms with van der Waals surface area (Å²) in [7, 11) is 0. The summed E-state index contributed by atoms with van der Waals surface area (Å²) in [4.78, 5) is 26.2. The molecule has 1 rings (SSSR count). The minimum atomic E-state index is -1.24. The lowest BCUT2D eigenvalue weighted by atomic mass is 10.4. The molecule has 1 aromatic heterocycles. The number of nitrogens with zero attached hydrogens (tertiary/aromatic N) is 1. The van der Waals surface area contributed by atoms with Gasteiger partial charge in [0, 0.05) is 18.9 Å². The zero-order valence-electron chi connectivity index (χ0n) is 7.04. The summed E-state index contributed by atoms with van der Waals surface area (Å²) in [6.45, 7) is 0.00866. The Bertz CT molecular complexity index is 390. The Morgan fingerprint density at radius 2 is 2.43 bits per heavy atom. The van der Waals surface area contributed by atoms with Gasteiger partial charge in [0.25, 0.3) is 5.56 Å². The van der Waals surface area contributed by atoms with E-state index in [2.05, 4.69) is 15.3 Å². The van der Waals surface area contributed by atoms with Crippen LogP contribution in [0.25, 0.3) is 0 Å². The van der Waals surface area contributed by atoms with Crippen molar-refractivity contribution in [3.63, 3.8) is 0 Å². The van der Waals surface area contributed by atoms with E-state index >= 15 is 0 Å². The maximum Gasteiger partial charge on any atom is 0.255 e. The number of aromatic amines is 1. The quantitative estimate of drug-likeness (QED) is 0.574. The molecule has 0 fully saturated rings. The molecule has 0 saturated heterocycles. The number of H-pyrrole nitrogens is 1. The molecule has 0 aliphatic rings. The Labute approximate surface area is 77.8 Å². The van der Waals surface area contributed by atoms with Crippen LogP contribution in [0.4, 0.5) is 10.3 Å². The van der Waals surface area contributed by atoms with Gasteiger partial charge in [0.2, 0.25) is 11.9 Å². The van der Waals surface area contributed by atoms with Crippen molar-refractivity contribution in [2.24, 2.45) is 0 Å². The predicted molar refractivity (Wildman–Crippen MR) is 42.9 cm³/mol. The number of halogens is 1. The number of aromatic nitrogens is 2. The van der Waals surface area contributed by atoms with Crippen LogP contribution in [0.1, 0.15) is 6.42 Å². The SMILES string of the molecule is O=C([O-])CCNc1nc(F)cc(=O)[nH]1. The van der Waals surface area contributed by atoms with Crippen LogP contribution in [-0.4, -0.2) is 22.5 Å². The second kappa shape index (κ2) is 4.35. The Balaban J connectivity index is 2.59. The summed E-state index contributed by atoms with van der Waals surface area (Å²) in [5, 5.41) is 12.4. The molecule has 0 radical (unpaired) electrons. The van der Waals surface area contributed by atoms with Crippen molar-refractivity contribution in [1.82, 2.24) is 9.97 Å². The zero-order valence-corrected chi connectivity index (χ0v) is 7.04. The first kappa shape index (κ1) is 10.2. The number of rotatable bonds is 4. The third kappa shape index (κ3) is 3.21. The molecule has 0 aliphatic heterocycles. The van der Waals surface area contributed by atoms with Crippen LogP contribution in [0.5, 0.6) is 0 Å². The van der Waals surface area contributed by atoms with E-state index in [0.29, 0.717) is 6.07 Å². The third-order valence-electron chi connectivity index (χ3n) is 1.33. The lowest BCUT2D eigenvalue weighted by Crippen LogP contribution is -2.25. The highest BCUT2D eigenvalue weighted by Crippen LogP contribution is 1.94. The van der Waals surface area contributed by atoms with Crippen LogP contribution >= 0.6 is 0 Å². The number of anilines is 1. The summed E-state index contributed by atoms with van der Waals surface area (Å²) in [5.41, 5.74) is -0.645. The minimum absolute atomic E-state index is 0.00866. The van der Waals surface area contributed by atoms with Gasteiger partial charge in [0.15, 0.2) is 0 Å². The van der Waals surface area contributed by atoms with Gasteiger partial charge in [-0.15, -0.1) is 0 Å². The molecule has 76 valence electrons. The summed E-state index contributed by atoms with van der Waals surface area (Å²) in [6, 6.07) is 0.684. The standard InChI is InChI=1S/C7H8FN3O3/c8-4-3-5(12)11-7(10-4)9-2-1-6(13)14/h3H,1-2H2,(H,13,14)(H2,9,10,11,12)/p-1. The van der Waals surface area contributed by atoms with Gasteiger partial charge >= 0.3 is 0 Å². The second-order valence-corrected chi connectivity index (χ2v) is 2.47.